The van der Waals surface area contributed by atoms with Crippen LogP contribution in [0.15, 0.2) is 36.8 Å². The molecule has 1 aliphatic heterocycles. The molecular weight excluding hydrogens is 424 g/mol. The van der Waals surface area contributed by atoms with Crippen LogP contribution in [0.3, 0.4) is 0 Å². The van der Waals surface area contributed by atoms with Gasteiger partial charge in [-0.05, 0) is 43.4 Å². The highest BCUT2D eigenvalue weighted by molar-refractivity contribution is 8.32. The number of carbonyl (C=O) groups excluding carboxylic acids is 1. The fourth-order valence-corrected chi connectivity index (χ4v) is 4.37. The predicted molar refractivity (Wildman–Crippen MR) is 131 cm³/mol. The Balaban J connectivity index is 1.48. The highest BCUT2D eigenvalue weighted by Crippen LogP contribution is 2.33. The molecule has 9 heteroatoms. The van der Waals surface area contributed by atoms with E-state index < -0.39 is 10.0 Å². The summed E-state index contributed by atoms with van der Waals surface area (Å²) < 4.78 is 7.85. The van der Waals surface area contributed by atoms with Crippen molar-refractivity contribution in [1.29, 1.82) is 0 Å². The molecule has 4 rings (SSSR count). The summed E-state index contributed by atoms with van der Waals surface area (Å²) in [4.78, 5) is 27.5. The van der Waals surface area contributed by atoms with Crippen LogP contribution in [-0.4, -0.2) is 80.6 Å². The highest BCUT2D eigenvalue weighted by atomic mass is 32.3. The Morgan fingerprint density at radius 1 is 1.28 bits per heavy atom. The fourth-order valence-electron chi connectivity index (χ4n) is 3.75. The molecule has 3 aromatic heterocycles. The average molecular weight is 457 g/mol. The molecule has 1 amide bonds. The molecular formula is C23H32N6O2S. The highest BCUT2D eigenvalue weighted by Gasteiger charge is 2.25. The summed E-state index contributed by atoms with van der Waals surface area (Å²) in [5.74, 6) is 1.97. The van der Waals surface area contributed by atoms with Gasteiger partial charge in [0.1, 0.15) is 18.1 Å². The van der Waals surface area contributed by atoms with Crippen LogP contribution in [0, 0.1) is 0 Å². The lowest BCUT2D eigenvalue weighted by Crippen LogP contribution is -2.29. The Morgan fingerprint density at radius 2 is 2.12 bits per heavy atom. The van der Waals surface area contributed by atoms with Gasteiger partial charge < -0.3 is 19.5 Å². The molecule has 32 heavy (non-hydrogen) atoms. The van der Waals surface area contributed by atoms with Crippen LogP contribution in [0.25, 0.3) is 22.4 Å². The minimum atomic E-state index is -0.558. The first-order valence-electron chi connectivity index (χ1n) is 10.8. The van der Waals surface area contributed by atoms with Gasteiger partial charge >= 0.3 is 0 Å². The number of fused-ring (bicyclic) bond motifs is 1. The van der Waals surface area contributed by atoms with Crippen molar-refractivity contribution >= 4 is 32.9 Å². The maximum absolute atomic E-state index is 11.6. The molecule has 1 fully saturated rings. The number of amides is 1. The van der Waals surface area contributed by atoms with E-state index in [1.165, 1.54) is 0 Å². The minimum absolute atomic E-state index is 0.111. The first-order valence-corrected chi connectivity index (χ1v) is 13.9. The van der Waals surface area contributed by atoms with Crippen LogP contribution in [-0.2, 0) is 16.3 Å². The molecule has 0 saturated carbocycles. The van der Waals surface area contributed by atoms with E-state index in [0.29, 0.717) is 13.3 Å². The summed E-state index contributed by atoms with van der Waals surface area (Å²) >= 11 is 0. The van der Waals surface area contributed by atoms with Gasteiger partial charge in [-0.2, -0.15) is 0 Å². The van der Waals surface area contributed by atoms with Gasteiger partial charge in [-0.3, -0.25) is 4.79 Å². The molecule has 3 aromatic rings. The van der Waals surface area contributed by atoms with Gasteiger partial charge in [0.15, 0.2) is 5.65 Å². The lowest BCUT2D eigenvalue weighted by Gasteiger charge is -2.24. The van der Waals surface area contributed by atoms with E-state index in [0.717, 1.165) is 53.6 Å². The van der Waals surface area contributed by atoms with Crippen molar-refractivity contribution in [3.63, 3.8) is 0 Å². The minimum Gasteiger partial charge on any atom is -0.365 e. The van der Waals surface area contributed by atoms with Crippen LogP contribution in [0.1, 0.15) is 13.3 Å². The number of rotatable bonds is 8. The van der Waals surface area contributed by atoms with Crippen LogP contribution in [0.4, 0.5) is 5.82 Å². The number of ether oxygens (including phenoxy) is 1. The van der Waals surface area contributed by atoms with Gasteiger partial charge in [-0.1, -0.05) is 0 Å². The van der Waals surface area contributed by atoms with E-state index in [2.05, 4.69) is 34.1 Å². The Bertz CT molecular complexity index is 1090. The number of anilines is 1. The zero-order valence-electron chi connectivity index (χ0n) is 19.2. The molecule has 1 atom stereocenters. The Kier molecular flexibility index (Phi) is 6.66. The van der Waals surface area contributed by atoms with Gasteiger partial charge in [0.25, 0.3) is 0 Å². The lowest BCUT2D eigenvalue weighted by molar-refractivity contribution is -0.127. The maximum Gasteiger partial charge on any atom is 0.219 e. The molecule has 0 radical (unpaired) electrons. The van der Waals surface area contributed by atoms with Crippen molar-refractivity contribution in [2.24, 2.45) is 0 Å². The molecule has 4 heterocycles. The Morgan fingerprint density at radius 3 is 2.88 bits per heavy atom. The molecule has 0 aliphatic carbocycles. The van der Waals surface area contributed by atoms with E-state index >= 15 is 0 Å². The average Bonchev–Trinajstić information content (AvgIpc) is 3.38. The van der Waals surface area contributed by atoms with Crippen LogP contribution >= 0.6 is 10.0 Å². The van der Waals surface area contributed by atoms with Crippen LogP contribution in [0.2, 0.25) is 0 Å². The van der Waals surface area contributed by atoms with Crippen molar-refractivity contribution in [3.8, 4) is 11.3 Å². The molecule has 1 unspecified atom stereocenters. The van der Waals surface area contributed by atoms with Crippen molar-refractivity contribution < 1.29 is 9.53 Å². The summed E-state index contributed by atoms with van der Waals surface area (Å²) in [6, 6.07) is 6.05. The van der Waals surface area contributed by atoms with Gasteiger partial charge in [-0.15, -0.1) is 0 Å². The van der Waals surface area contributed by atoms with Gasteiger partial charge in [0, 0.05) is 49.8 Å². The molecule has 0 aromatic carbocycles. The van der Waals surface area contributed by atoms with Gasteiger partial charge in [0.05, 0.1) is 18.5 Å². The SMILES string of the molecule is CC(=O)N1CCC(Nc2ncccc2-c2cnc3c(ccn3COCCS(C)(C)C)n2)C1. The second kappa shape index (κ2) is 9.46. The number of hydrogen-bond acceptors (Lipinski definition) is 6. The van der Waals surface area contributed by atoms with Crippen molar-refractivity contribution in [2.45, 2.75) is 26.1 Å². The molecule has 8 nitrogen and oxygen atoms in total. The zero-order chi connectivity index (χ0) is 22.7. The van der Waals surface area contributed by atoms with Crippen molar-refractivity contribution in [1.82, 2.24) is 24.4 Å². The molecule has 1 N–H and O–H groups in total. The van der Waals surface area contributed by atoms with E-state index in [-0.39, 0.29) is 11.9 Å². The summed E-state index contributed by atoms with van der Waals surface area (Å²) in [5.41, 5.74) is 3.30. The Labute approximate surface area is 190 Å². The Hall–Kier alpha value is -2.65. The molecule has 0 spiro atoms. The topological polar surface area (TPSA) is 85.2 Å². The number of pyridine rings is 1. The summed E-state index contributed by atoms with van der Waals surface area (Å²) in [7, 11) is -0.558. The molecule has 0 bridgehead atoms. The second-order valence-corrected chi connectivity index (χ2v) is 13.7. The summed E-state index contributed by atoms with van der Waals surface area (Å²) in [5, 5.41) is 3.50. The first-order chi connectivity index (χ1) is 15.3. The number of aromatic nitrogens is 4. The fraction of sp³-hybridized carbons (Fsp3) is 0.478. The van der Waals surface area contributed by atoms with Gasteiger partial charge in [0.2, 0.25) is 5.91 Å². The third-order valence-electron chi connectivity index (χ3n) is 5.59. The largest absolute Gasteiger partial charge is 0.365 e. The van der Waals surface area contributed by atoms with Crippen LogP contribution in [0.5, 0.6) is 0 Å². The first kappa shape index (κ1) is 22.5. The molecule has 172 valence electrons. The summed E-state index contributed by atoms with van der Waals surface area (Å²) in [6.45, 7) is 4.30. The quantitative estimate of drug-likeness (QED) is 0.524. The summed E-state index contributed by atoms with van der Waals surface area (Å²) in [6.07, 6.45) is 13.3. The number of nitrogens with zero attached hydrogens (tertiary/aromatic N) is 5. The van der Waals surface area contributed by atoms with E-state index in [1.54, 1.807) is 19.3 Å². The monoisotopic (exact) mass is 456 g/mol. The lowest BCUT2D eigenvalue weighted by atomic mass is 10.1. The second-order valence-electron chi connectivity index (χ2n) is 9.08. The van der Waals surface area contributed by atoms with Crippen LogP contribution < -0.4 is 5.32 Å². The third-order valence-corrected chi connectivity index (χ3v) is 6.98. The number of hydrogen-bond donors (Lipinski definition) is 1. The van der Waals surface area contributed by atoms with Gasteiger partial charge in [-0.25, -0.2) is 25.0 Å². The number of carbonyl (C=O) groups is 1. The van der Waals surface area contributed by atoms with E-state index in [1.807, 2.05) is 33.9 Å². The number of likely N-dealkylation sites (tertiary alicyclic amines) is 1. The predicted octanol–water partition coefficient (Wildman–Crippen LogP) is 3.19. The normalized spacial score (nSPS) is 17.1. The van der Waals surface area contributed by atoms with E-state index in [4.69, 9.17) is 9.72 Å². The molecule has 1 aliphatic rings. The standard InChI is InChI=1S/C23H32N6O2S/c1-17(30)28-10-7-18(15-28)26-22-19(6-5-9-24-22)21-14-25-23-20(27-21)8-11-29(23)16-31-12-13-32(2,3)4/h5-6,8-9,11,14,18H,7,10,12-13,15-16H2,1-4H3,(H,24,26). The number of nitrogens with one attached hydrogen (secondary N) is 1. The molecule has 1 saturated heterocycles. The van der Waals surface area contributed by atoms with E-state index in [9.17, 15) is 4.79 Å². The van der Waals surface area contributed by atoms with Crippen molar-refractivity contribution in [3.05, 3.63) is 36.8 Å². The smallest absolute Gasteiger partial charge is 0.219 e. The maximum atomic E-state index is 11.6. The zero-order valence-corrected chi connectivity index (χ0v) is 20.1. The third kappa shape index (κ3) is 5.39. The van der Waals surface area contributed by atoms with Crippen molar-refractivity contribution in [2.75, 3.05) is 49.5 Å².